The van der Waals surface area contributed by atoms with Crippen molar-refractivity contribution in [1.82, 2.24) is 4.90 Å². The number of piperidine rings is 1. The summed E-state index contributed by atoms with van der Waals surface area (Å²) in [4.78, 5) is 1.46. The summed E-state index contributed by atoms with van der Waals surface area (Å²) < 4.78 is 42.1. The molecule has 1 fully saturated rings. The van der Waals surface area contributed by atoms with Gasteiger partial charge in [0.15, 0.2) is 0 Å². The number of hydrogen-bond acceptors (Lipinski definition) is 2. The van der Waals surface area contributed by atoms with E-state index in [1.54, 1.807) is 7.11 Å². The highest BCUT2D eigenvalue weighted by Crippen LogP contribution is 2.33. The van der Waals surface area contributed by atoms with Crippen molar-refractivity contribution in [3.05, 3.63) is 0 Å². The van der Waals surface area contributed by atoms with Gasteiger partial charge in [0, 0.05) is 20.2 Å². The highest BCUT2D eigenvalue weighted by molar-refractivity contribution is 4.90. The monoisotopic (exact) mass is 239 g/mol. The van der Waals surface area contributed by atoms with E-state index in [-0.39, 0.29) is 5.60 Å². The van der Waals surface area contributed by atoms with Gasteiger partial charge in [-0.1, -0.05) is 13.8 Å². The third kappa shape index (κ3) is 3.35. The van der Waals surface area contributed by atoms with Crippen LogP contribution >= 0.6 is 0 Å². The van der Waals surface area contributed by atoms with E-state index in [0.717, 1.165) is 0 Å². The van der Waals surface area contributed by atoms with Gasteiger partial charge < -0.3 is 4.74 Å². The predicted molar refractivity (Wildman–Crippen MR) is 56.3 cm³/mol. The van der Waals surface area contributed by atoms with Crippen LogP contribution in [0.3, 0.4) is 0 Å². The van der Waals surface area contributed by atoms with Crippen LogP contribution in [-0.4, -0.2) is 43.4 Å². The third-order valence-electron chi connectivity index (χ3n) is 3.56. The van der Waals surface area contributed by atoms with Gasteiger partial charge in [0.1, 0.15) is 0 Å². The first-order chi connectivity index (χ1) is 7.29. The SMILES string of the molecule is COC1(C(C)C)CCN(CC(F)(F)F)CC1. The number of hydrogen-bond donors (Lipinski definition) is 0. The van der Waals surface area contributed by atoms with Crippen LogP contribution in [-0.2, 0) is 4.74 Å². The van der Waals surface area contributed by atoms with E-state index in [9.17, 15) is 13.2 Å². The summed E-state index contributed by atoms with van der Waals surface area (Å²) in [5, 5.41) is 0. The van der Waals surface area contributed by atoms with Crippen molar-refractivity contribution in [2.45, 2.75) is 38.5 Å². The van der Waals surface area contributed by atoms with Crippen molar-refractivity contribution in [1.29, 1.82) is 0 Å². The minimum Gasteiger partial charge on any atom is -0.378 e. The Labute approximate surface area is 94.8 Å². The summed E-state index contributed by atoms with van der Waals surface area (Å²) in [5.41, 5.74) is -0.234. The molecule has 0 aromatic carbocycles. The molecule has 0 N–H and O–H groups in total. The maximum Gasteiger partial charge on any atom is 0.401 e. The largest absolute Gasteiger partial charge is 0.401 e. The molecule has 1 heterocycles. The molecule has 0 radical (unpaired) electrons. The molecule has 5 heteroatoms. The molecule has 96 valence electrons. The summed E-state index contributed by atoms with van der Waals surface area (Å²) in [6.07, 6.45) is -2.74. The van der Waals surface area contributed by atoms with E-state index in [1.807, 2.05) is 0 Å². The number of rotatable bonds is 3. The quantitative estimate of drug-likeness (QED) is 0.750. The van der Waals surface area contributed by atoms with Crippen molar-refractivity contribution in [3.8, 4) is 0 Å². The van der Waals surface area contributed by atoms with Crippen LogP contribution in [0.1, 0.15) is 26.7 Å². The van der Waals surface area contributed by atoms with E-state index in [0.29, 0.717) is 31.8 Å². The Morgan fingerprint density at radius 3 is 2.06 bits per heavy atom. The van der Waals surface area contributed by atoms with Crippen molar-refractivity contribution >= 4 is 0 Å². The molecular weight excluding hydrogens is 219 g/mol. The number of nitrogens with zero attached hydrogens (tertiary/aromatic N) is 1. The maximum atomic E-state index is 12.2. The molecule has 1 rings (SSSR count). The molecule has 0 amide bonds. The second-order valence-electron chi connectivity index (χ2n) is 4.81. The maximum absolute atomic E-state index is 12.2. The topological polar surface area (TPSA) is 12.5 Å². The van der Waals surface area contributed by atoms with E-state index in [4.69, 9.17) is 4.74 Å². The number of ether oxygens (including phenoxy) is 1. The number of likely N-dealkylation sites (tertiary alicyclic amines) is 1. The molecule has 0 aromatic rings. The molecule has 0 aliphatic carbocycles. The van der Waals surface area contributed by atoms with E-state index >= 15 is 0 Å². The summed E-state index contributed by atoms with van der Waals surface area (Å²) in [5.74, 6) is 0.338. The average molecular weight is 239 g/mol. The normalized spacial score (nSPS) is 22.7. The Balaban J connectivity index is 2.50. The predicted octanol–water partition coefficient (Wildman–Crippen LogP) is 2.69. The van der Waals surface area contributed by atoms with Crippen LogP contribution in [0, 0.1) is 5.92 Å². The van der Waals surface area contributed by atoms with Crippen LogP contribution in [0.15, 0.2) is 0 Å². The van der Waals surface area contributed by atoms with Gasteiger partial charge in [0.25, 0.3) is 0 Å². The molecule has 0 unspecified atom stereocenters. The summed E-state index contributed by atoms with van der Waals surface area (Å²) in [6, 6.07) is 0. The zero-order chi connectivity index (χ0) is 12.4. The minimum absolute atomic E-state index is 0.234. The molecule has 0 bridgehead atoms. The highest BCUT2D eigenvalue weighted by atomic mass is 19.4. The van der Waals surface area contributed by atoms with Crippen LogP contribution in [0.25, 0.3) is 0 Å². The fraction of sp³-hybridized carbons (Fsp3) is 1.00. The van der Waals surface area contributed by atoms with Gasteiger partial charge in [-0.05, 0) is 18.8 Å². The Bertz CT molecular complexity index is 220. The van der Waals surface area contributed by atoms with E-state index in [2.05, 4.69) is 13.8 Å². The van der Waals surface area contributed by atoms with Crippen molar-refractivity contribution in [2.24, 2.45) is 5.92 Å². The zero-order valence-electron chi connectivity index (χ0n) is 10.1. The van der Waals surface area contributed by atoms with Crippen LogP contribution in [0.5, 0.6) is 0 Å². The lowest BCUT2D eigenvalue weighted by Gasteiger charge is -2.43. The number of alkyl halides is 3. The Morgan fingerprint density at radius 2 is 1.75 bits per heavy atom. The molecular formula is C11H20F3NO. The van der Waals surface area contributed by atoms with Gasteiger partial charge in [-0.3, -0.25) is 4.90 Å². The smallest absolute Gasteiger partial charge is 0.378 e. The standard InChI is InChI=1S/C11H20F3NO/c1-9(2)10(16-3)4-6-15(7-5-10)8-11(12,13)14/h9H,4-8H2,1-3H3. The summed E-state index contributed by atoms with van der Waals surface area (Å²) in [7, 11) is 1.65. The second kappa shape index (κ2) is 4.92. The van der Waals surface area contributed by atoms with Gasteiger partial charge in [-0.25, -0.2) is 0 Å². The van der Waals surface area contributed by atoms with Gasteiger partial charge in [-0.2, -0.15) is 13.2 Å². The van der Waals surface area contributed by atoms with Crippen molar-refractivity contribution in [2.75, 3.05) is 26.7 Å². The Kier molecular flexibility index (Phi) is 4.23. The molecule has 0 atom stereocenters. The molecule has 0 aromatic heterocycles. The number of halogens is 3. The summed E-state index contributed by atoms with van der Waals surface area (Å²) in [6.45, 7) is 4.24. The Hall–Kier alpha value is -0.290. The zero-order valence-corrected chi connectivity index (χ0v) is 10.1. The van der Waals surface area contributed by atoms with E-state index < -0.39 is 12.7 Å². The van der Waals surface area contributed by atoms with Gasteiger partial charge in [0.2, 0.25) is 0 Å². The lowest BCUT2D eigenvalue weighted by atomic mass is 9.81. The fourth-order valence-electron chi connectivity index (χ4n) is 2.36. The molecule has 0 spiro atoms. The van der Waals surface area contributed by atoms with Gasteiger partial charge in [-0.15, -0.1) is 0 Å². The summed E-state index contributed by atoms with van der Waals surface area (Å²) >= 11 is 0. The molecule has 0 saturated carbocycles. The second-order valence-corrected chi connectivity index (χ2v) is 4.81. The van der Waals surface area contributed by atoms with Crippen molar-refractivity contribution < 1.29 is 17.9 Å². The van der Waals surface area contributed by atoms with Crippen LogP contribution < -0.4 is 0 Å². The third-order valence-corrected chi connectivity index (χ3v) is 3.56. The van der Waals surface area contributed by atoms with Crippen LogP contribution in [0.2, 0.25) is 0 Å². The molecule has 1 aliphatic heterocycles. The van der Waals surface area contributed by atoms with Gasteiger partial charge >= 0.3 is 6.18 Å². The first kappa shape index (κ1) is 13.8. The number of methoxy groups -OCH3 is 1. The van der Waals surface area contributed by atoms with Crippen LogP contribution in [0.4, 0.5) is 13.2 Å². The molecule has 1 aliphatic rings. The first-order valence-electron chi connectivity index (χ1n) is 5.63. The molecule has 1 saturated heterocycles. The lowest BCUT2D eigenvalue weighted by Crippen LogP contribution is -2.50. The highest BCUT2D eigenvalue weighted by Gasteiger charge is 2.40. The minimum atomic E-state index is -4.09. The first-order valence-corrected chi connectivity index (χ1v) is 5.63. The molecule has 16 heavy (non-hydrogen) atoms. The Morgan fingerprint density at radius 1 is 1.25 bits per heavy atom. The lowest BCUT2D eigenvalue weighted by molar-refractivity contribution is -0.159. The van der Waals surface area contributed by atoms with Gasteiger partial charge in [0.05, 0.1) is 12.1 Å². The van der Waals surface area contributed by atoms with Crippen molar-refractivity contribution in [3.63, 3.8) is 0 Å². The average Bonchev–Trinajstić information content (AvgIpc) is 2.16. The molecule has 2 nitrogen and oxygen atoms in total. The van der Waals surface area contributed by atoms with E-state index in [1.165, 1.54) is 4.90 Å². The fourth-order valence-corrected chi connectivity index (χ4v) is 2.36.